The van der Waals surface area contributed by atoms with Crippen molar-refractivity contribution in [1.82, 2.24) is 10.2 Å². The van der Waals surface area contributed by atoms with Crippen LogP contribution in [0.2, 0.25) is 0 Å². The fourth-order valence-electron chi connectivity index (χ4n) is 2.26. The lowest BCUT2D eigenvalue weighted by Crippen LogP contribution is -2.49. The second-order valence-electron chi connectivity index (χ2n) is 4.80. The third-order valence-electron chi connectivity index (χ3n) is 3.83. The average Bonchev–Trinajstić information content (AvgIpc) is 2.44. The van der Waals surface area contributed by atoms with E-state index in [1.165, 1.54) is 0 Å². The minimum atomic E-state index is -0.793. The van der Waals surface area contributed by atoms with E-state index in [0.717, 1.165) is 0 Å². The van der Waals surface area contributed by atoms with Crippen LogP contribution in [0.3, 0.4) is 0 Å². The summed E-state index contributed by atoms with van der Waals surface area (Å²) >= 11 is 0. The molecule has 0 aromatic heterocycles. The van der Waals surface area contributed by atoms with Crippen molar-refractivity contribution in [1.29, 1.82) is 0 Å². The van der Waals surface area contributed by atoms with E-state index >= 15 is 0 Å². The van der Waals surface area contributed by atoms with Crippen LogP contribution in [0.15, 0.2) is 0 Å². The van der Waals surface area contributed by atoms with Crippen molar-refractivity contribution >= 4 is 17.8 Å². The molecule has 1 aliphatic rings. The molecular weight excluding hydrogens is 250 g/mol. The van der Waals surface area contributed by atoms with Crippen LogP contribution in [0.25, 0.3) is 0 Å². The van der Waals surface area contributed by atoms with Gasteiger partial charge in [0.05, 0.1) is 18.5 Å². The van der Waals surface area contributed by atoms with Gasteiger partial charge in [0.25, 0.3) is 0 Å². The van der Waals surface area contributed by atoms with Gasteiger partial charge in [-0.05, 0) is 19.3 Å². The van der Waals surface area contributed by atoms with Crippen molar-refractivity contribution < 1.29 is 19.5 Å². The molecule has 1 heterocycles. The Labute approximate surface area is 112 Å². The van der Waals surface area contributed by atoms with Crippen molar-refractivity contribution in [2.24, 2.45) is 11.1 Å². The molecule has 0 aromatic carbocycles. The van der Waals surface area contributed by atoms with Gasteiger partial charge in [-0.25, -0.2) is 0 Å². The molecule has 0 aliphatic carbocycles. The smallest absolute Gasteiger partial charge is 0.309 e. The molecule has 0 atom stereocenters. The molecule has 1 saturated heterocycles. The Morgan fingerprint density at radius 2 is 1.89 bits per heavy atom. The van der Waals surface area contributed by atoms with Gasteiger partial charge in [0, 0.05) is 13.1 Å². The number of carbonyl (C=O) groups is 3. The second-order valence-corrected chi connectivity index (χ2v) is 4.80. The molecule has 0 bridgehead atoms. The zero-order chi connectivity index (χ0) is 14.5. The SMILES string of the molecule is CCC1(C(=O)O)CCN(C(=O)CNC(=O)CN)CC1. The first kappa shape index (κ1) is 15.4. The first-order valence-electron chi connectivity index (χ1n) is 6.43. The topological polar surface area (TPSA) is 113 Å². The number of hydrogen-bond donors (Lipinski definition) is 3. The highest BCUT2D eigenvalue weighted by molar-refractivity contribution is 5.85. The maximum Gasteiger partial charge on any atom is 0.309 e. The quantitative estimate of drug-likeness (QED) is 0.604. The number of nitrogens with zero attached hydrogens (tertiary/aromatic N) is 1. The summed E-state index contributed by atoms with van der Waals surface area (Å²) in [5.41, 5.74) is 4.41. The van der Waals surface area contributed by atoms with Crippen LogP contribution in [-0.4, -0.2) is 54.0 Å². The first-order valence-corrected chi connectivity index (χ1v) is 6.43. The van der Waals surface area contributed by atoms with Gasteiger partial charge in [0.1, 0.15) is 0 Å². The summed E-state index contributed by atoms with van der Waals surface area (Å²) in [6, 6.07) is 0. The number of nitrogens with one attached hydrogen (secondary N) is 1. The molecule has 0 radical (unpaired) electrons. The van der Waals surface area contributed by atoms with Gasteiger partial charge in [0.2, 0.25) is 11.8 Å². The predicted molar refractivity (Wildman–Crippen MR) is 68.2 cm³/mol. The van der Waals surface area contributed by atoms with Crippen LogP contribution in [-0.2, 0) is 14.4 Å². The Balaban J connectivity index is 2.47. The third kappa shape index (κ3) is 3.66. The van der Waals surface area contributed by atoms with Gasteiger partial charge < -0.3 is 21.1 Å². The standard InChI is InChI=1S/C12H21N3O4/c1-2-12(11(18)19)3-5-15(6-4-12)10(17)8-14-9(16)7-13/h2-8,13H2,1H3,(H,14,16)(H,18,19). The van der Waals surface area contributed by atoms with E-state index in [9.17, 15) is 19.5 Å². The molecular formula is C12H21N3O4. The molecule has 4 N–H and O–H groups in total. The van der Waals surface area contributed by atoms with Gasteiger partial charge in [0.15, 0.2) is 0 Å². The Bertz CT molecular complexity index is 362. The Morgan fingerprint density at radius 1 is 1.32 bits per heavy atom. The van der Waals surface area contributed by atoms with E-state index in [2.05, 4.69) is 5.32 Å². The molecule has 7 nitrogen and oxygen atoms in total. The van der Waals surface area contributed by atoms with Gasteiger partial charge in [-0.2, -0.15) is 0 Å². The summed E-state index contributed by atoms with van der Waals surface area (Å²) in [6.07, 6.45) is 1.47. The Kier molecular flexibility index (Phi) is 5.29. The fourth-order valence-corrected chi connectivity index (χ4v) is 2.26. The highest BCUT2D eigenvalue weighted by atomic mass is 16.4. The van der Waals surface area contributed by atoms with E-state index in [4.69, 9.17) is 5.73 Å². The normalized spacial score (nSPS) is 17.9. The minimum absolute atomic E-state index is 0.0811. The predicted octanol–water partition coefficient (Wildman–Crippen LogP) is -0.835. The van der Waals surface area contributed by atoms with Gasteiger partial charge in [-0.15, -0.1) is 0 Å². The summed E-state index contributed by atoms with van der Waals surface area (Å²) in [7, 11) is 0. The minimum Gasteiger partial charge on any atom is -0.481 e. The molecule has 7 heteroatoms. The molecule has 0 saturated carbocycles. The number of piperidine rings is 1. The molecule has 0 spiro atoms. The maximum atomic E-state index is 11.8. The lowest BCUT2D eigenvalue weighted by molar-refractivity contribution is -0.154. The molecule has 1 aliphatic heterocycles. The van der Waals surface area contributed by atoms with Crippen molar-refractivity contribution in [3.63, 3.8) is 0 Å². The lowest BCUT2D eigenvalue weighted by Gasteiger charge is -2.38. The molecule has 0 unspecified atom stereocenters. The van der Waals surface area contributed by atoms with E-state index in [1.54, 1.807) is 4.90 Å². The Hall–Kier alpha value is -1.63. The summed E-state index contributed by atoms with van der Waals surface area (Å²) in [5, 5.41) is 11.7. The molecule has 19 heavy (non-hydrogen) atoms. The fraction of sp³-hybridized carbons (Fsp3) is 0.750. The number of nitrogens with two attached hydrogens (primary N) is 1. The monoisotopic (exact) mass is 271 g/mol. The summed E-state index contributed by atoms with van der Waals surface area (Å²) in [6.45, 7) is 2.45. The largest absolute Gasteiger partial charge is 0.481 e. The molecule has 0 aromatic rings. The van der Waals surface area contributed by atoms with Crippen molar-refractivity contribution in [2.75, 3.05) is 26.2 Å². The van der Waals surface area contributed by atoms with Crippen LogP contribution in [0.4, 0.5) is 0 Å². The number of hydrogen-bond acceptors (Lipinski definition) is 4. The number of amides is 2. The number of carboxylic acid groups (broad SMARTS) is 1. The summed E-state index contributed by atoms with van der Waals surface area (Å²) in [5.74, 6) is -1.37. The van der Waals surface area contributed by atoms with Crippen LogP contribution in [0, 0.1) is 5.41 Å². The zero-order valence-electron chi connectivity index (χ0n) is 11.1. The summed E-state index contributed by atoms with van der Waals surface area (Å²) in [4.78, 5) is 35.6. The van der Waals surface area contributed by atoms with Gasteiger partial charge in [-0.3, -0.25) is 14.4 Å². The molecule has 108 valence electrons. The van der Waals surface area contributed by atoms with E-state index in [-0.39, 0.29) is 24.9 Å². The number of carboxylic acids is 1. The molecule has 1 rings (SSSR count). The van der Waals surface area contributed by atoms with Crippen molar-refractivity contribution in [2.45, 2.75) is 26.2 Å². The van der Waals surface area contributed by atoms with Crippen molar-refractivity contribution in [3.05, 3.63) is 0 Å². The zero-order valence-corrected chi connectivity index (χ0v) is 11.1. The van der Waals surface area contributed by atoms with Crippen LogP contribution in [0.5, 0.6) is 0 Å². The second kappa shape index (κ2) is 6.51. The Morgan fingerprint density at radius 3 is 2.32 bits per heavy atom. The number of aliphatic carboxylic acids is 1. The van der Waals surface area contributed by atoms with Crippen LogP contribution >= 0.6 is 0 Å². The first-order chi connectivity index (χ1) is 8.95. The number of likely N-dealkylation sites (tertiary alicyclic amines) is 1. The third-order valence-corrected chi connectivity index (χ3v) is 3.83. The van der Waals surface area contributed by atoms with Crippen LogP contribution in [0.1, 0.15) is 26.2 Å². The molecule has 2 amide bonds. The maximum absolute atomic E-state index is 11.8. The highest BCUT2D eigenvalue weighted by Crippen LogP contribution is 2.35. The molecule has 1 fully saturated rings. The van der Waals surface area contributed by atoms with Crippen molar-refractivity contribution in [3.8, 4) is 0 Å². The number of rotatable bonds is 5. The van der Waals surface area contributed by atoms with Crippen LogP contribution < -0.4 is 11.1 Å². The highest BCUT2D eigenvalue weighted by Gasteiger charge is 2.40. The van der Waals surface area contributed by atoms with Gasteiger partial charge in [-0.1, -0.05) is 6.92 Å². The van der Waals surface area contributed by atoms with E-state index in [1.807, 2.05) is 6.92 Å². The summed E-state index contributed by atoms with van der Waals surface area (Å²) < 4.78 is 0. The lowest BCUT2D eigenvalue weighted by atomic mass is 9.76. The van der Waals surface area contributed by atoms with E-state index in [0.29, 0.717) is 32.4 Å². The number of carbonyl (C=O) groups excluding carboxylic acids is 2. The average molecular weight is 271 g/mol. The van der Waals surface area contributed by atoms with E-state index < -0.39 is 11.4 Å². The van der Waals surface area contributed by atoms with Gasteiger partial charge >= 0.3 is 5.97 Å².